The number of ether oxygens (including phenoxy) is 1. The summed E-state index contributed by atoms with van der Waals surface area (Å²) in [5.74, 6) is 1.81. The average molecular weight is 255 g/mol. The average Bonchev–Trinajstić information content (AvgIpc) is 3.02. The van der Waals surface area contributed by atoms with Crippen molar-refractivity contribution in [1.82, 2.24) is 5.32 Å². The maximum Gasteiger partial charge on any atom is 0.387 e. The molecule has 3 atom stereocenters. The Bertz CT molecular complexity index is 397. The Labute approximate surface area is 106 Å². The molecule has 1 aromatic rings. The van der Waals surface area contributed by atoms with Gasteiger partial charge in [0.2, 0.25) is 0 Å². The van der Waals surface area contributed by atoms with Crippen LogP contribution in [-0.2, 0) is 0 Å². The maximum absolute atomic E-state index is 12.1. The molecule has 1 fully saturated rings. The van der Waals surface area contributed by atoms with Crippen molar-refractivity contribution in [2.24, 2.45) is 11.8 Å². The van der Waals surface area contributed by atoms with Crippen molar-refractivity contribution < 1.29 is 13.5 Å². The zero-order chi connectivity index (χ0) is 13.1. The summed E-state index contributed by atoms with van der Waals surface area (Å²) in [6.45, 7) is 2.50. The Morgan fingerprint density at radius 1 is 1.44 bits per heavy atom. The van der Waals surface area contributed by atoms with Gasteiger partial charge in [0.25, 0.3) is 0 Å². The number of hydrogen-bond acceptors (Lipinski definition) is 2. The standard InChI is InChI=1S/C14H19F2NO/c1-9-6-12(9)8-17-10(2)11-4-3-5-13(7-11)18-14(15)16/h3-5,7,9-10,12,14,17H,6,8H2,1-2H3. The Kier molecular flexibility index (Phi) is 4.17. The first-order chi connectivity index (χ1) is 8.56. The quantitative estimate of drug-likeness (QED) is 0.838. The van der Waals surface area contributed by atoms with E-state index in [1.165, 1.54) is 6.42 Å². The van der Waals surface area contributed by atoms with E-state index in [1.54, 1.807) is 18.2 Å². The summed E-state index contributed by atoms with van der Waals surface area (Å²) in [5, 5.41) is 3.43. The minimum absolute atomic E-state index is 0.152. The van der Waals surface area contributed by atoms with Crippen LogP contribution in [0.1, 0.15) is 31.9 Å². The second-order valence-corrected chi connectivity index (χ2v) is 5.05. The summed E-state index contributed by atoms with van der Waals surface area (Å²) in [5.41, 5.74) is 0.974. The van der Waals surface area contributed by atoms with Crippen LogP contribution in [0.15, 0.2) is 24.3 Å². The van der Waals surface area contributed by atoms with E-state index >= 15 is 0 Å². The van der Waals surface area contributed by atoms with Gasteiger partial charge < -0.3 is 10.1 Å². The molecule has 1 aliphatic carbocycles. The molecule has 1 saturated carbocycles. The Hall–Kier alpha value is -1.16. The van der Waals surface area contributed by atoms with Crippen LogP contribution >= 0.6 is 0 Å². The van der Waals surface area contributed by atoms with Gasteiger partial charge >= 0.3 is 6.61 Å². The third-order valence-electron chi connectivity index (χ3n) is 3.55. The van der Waals surface area contributed by atoms with Crippen LogP contribution in [0.5, 0.6) is 5.75 Å². The molecule has 1 N–H and O–H groups in total. The normalized spacial score (nSPS) is 24.1. The lowest BCUT2D eigenvalue weighted by molar-refractivity contribution is -0.0499. The van der Waals surface area contributed by atoms with E-state index in [0.717, 1.165) is 23.9 Å². The van der Waals surface area contributed by atoms with Crippen LogP contribution in [-0.4, -0.2) is 13.2 Å². The molecule has 0 heterocycles. The highest BCUT2D eigenvalue weighted by Gasteiger charge is 2.32. The van der Waals surface area contributed by atoms with Crippen molar-refractivity contribution in [3.05, 3.63) is 29.8 Å². The van der Waals surface area contributed by atoms with E-state index in [0.29, 0.717) is 0 Å². The molecule has 18 heavy (non-hydrogen) atoms. The van der Waals surface area contributed by atoms with E-state index < -0.39 is 6.61 Å². The molecular weight excluding hydrogens is 236 g/mol. The Morgan fingerprint density at radius 2 is 2.17 bits per heavy atom. The monoisotopic (exact) mass is 255 g/mol. The van der Waals surface area contributed by atoms with E-state index in [2.05, 4.69) is 17.0 Å². The summed E-state index contributed by atoms with van der Waals surface area (Å²) in [4.78, 5) is 0. The number of halogens is 2. The summed E-state index contributed by atoms with van der Waals surface area (Å²) < 4.78 is 28.6. The topological polar surface area (TPSA) is 21.3 Å². The molecule has 1 aliphatic rings. The van der Waals surface area contributed by atoms with Crippen molar-refractivity contribution in [3.63, 3.8) is 0 Å². The second kappa shape index (κ2) is 5.65. The maximum atomic E-state index is 12.1. The minimum atomic E-state index is -2.77. The molecule has 0 saturated heterocycles. The van der Waals surface area contributed by atoms with Crippen LogP contribution in [0.25, 0.3) is 0 Å². The van der Waals surface area contributed by atoms with Gasteiger partial charge in [-0.05, 0) is 49.4 Å². The van der Waals surface area contributed by atoms with Gasteiger partial charge in [-0.2, -0.15) is 8.78 Å². The summed E-state index contributed by atoms with van der Waals surface area (Å²) in [7, 11) is 0. The molecule has 2 rings (SSSR count). The van der Waals surface area contributed by atoms with Gasteiger partial charge in [-0.3, -0.25) is 0 Å². The van der Waals surface area contributed by atoms with Crippen molar-refractivity contribution >= 4 is 0 Å². The fourth-order valence-corrected chi connectivity index (χ4v) is 2.09. The number of benzene rings is 1. The number of hydrogen-bond donors (Lipinski definition) is 1. The fraction of sp³-hybridized carbons (Fsp3) is 0.571. The number of rotatable bonds is 6. The largest absolute Gasteiger partial charge is 0.435 e. The van der Waals surface area contributed by atoms with Crippen LogP contribution in [0, 0.1) is 11.8 Å². The predicted octanol–water partition coefficient (Wildman–Crippen LogP) is 3.59. The van der Waals surface area contributed by atoms with Crippen molar-refractivity contribution in [3.8, 4) is 5.75 Å². The summed E-state index contributed by atoms with van der Waals surface area (Å²) in [6.07, 6.45) is 1.29. The first kappa shape index (κ1) is 13.3. The predicted molar refractivity (Wildman–Crippen MR) is 66.8 cm³/mol. The second-order valence-electron chi connectivity index (χ2n) is 5.05. The minimum Gasteiger partial charge on any atom is -0.435 e. The molecule has 0 aromatic heterocycles. The Morgan fingerprint density at radius 3 is 2.78 bits per heavy atom. The number of nitrogens with one attached hydrogen (secondary N) is 1. The highest BCUT2D eigenvalue weighted by molar-refractivity contribution is 5.30. The molecule has 0 amide bonds. The molecule has 3 unspecified atom stereocenters. The number of alkyl halides is 2. The lowest BCUT2D eigenvalue weighted by Gasteiger charge is -2.15. The van der Waals surface area contributed by atoms with Gasteiger partial charge in [0.15, 0.2) is 0 Å². The fourth-order valence-electron chi connectivity index (χ4n) is 2.09. The first-order valence-electron chi connectivity index (χ1n) is 6.34. The first-order valence-corrected chi connectivity index (χ1v) is 6.34. The molecule has 2 nitrogen and oxygen atoms in total. The highest BCUT2D eigenvalue weighted by Crippen LogP contribution is 2.37. The third kappa shape index (κ3) is 3.67. The molecule has 4 heteroatoms. The van der Waals surface area contributed by atoms with Gasteiger partial charge in [0.1, 0.15) is 5.75 Å². The Balaban J connectivity index is 1.90. The zero-order valence-electron chi connectivity index (χ0n) is 10.7. The van der Waals surface area contributed by atoms with E-state index in [4.69, 9.17) is 0 Å². The zero-order valence-corrected chi connectivity index (χ0v) is 10.7. The van der Waals surface area contributed by atoms with Crippen molar-refractivity contribution in [1.29, 1.82) is 0 Å². The van der Waals surface area contributed by atoms with Crippen LogP contribution in [0.2, 0.25) is 0 Å². The van der Waals surface area contributed by atoms with Gasteiger partial charge in [0, 0.05) is 6.04 Å². The summed E-state index contributed by atoms with van der Waals surface area (Å²) in [6, 6.07) is 7.03. The SMILES string of the molecule is CC(NCC1CC1C)c1cccc(OC(F)F)c1. The molecule has 1 aromatic carbocycles. The highest BCUT2D eigenvalue weighted by atomic mass is 19.3. The van der Waals surface area contributed by atoms with Gasteiger partial charge in [-0.1, -0.05) is 19.1 Å². The molecule has 0 radical (unpaired) electrons. The molecule has 0 bridgehead atoms. The molecule has 0 aliphatic heterocycles. The lowest BCUT2D eigenvalue weighted by atomic mass is 10.1. The van der Waals surface area contributed by atoms with Crippen LogP contribution in [0.4, 0.5) is 8.78 Å². The van der Waals surface area contributed by atoms with Gasteiger partial charge in [-0.25, -0.2) is 0 Å². The molecule has 100 valence electrons. The van der Waals surface area contributed by atoms with Crippen molar-refractivity contribution in [2.75, 3.05) is 6.54 Å². The van der Waals surface area contributed by atoms with E-state index in [-0.39, 0.29) is 11.8 Å². The van der Waals surface area contributed by atoms with E-state index in [1.807, 2.05) is 13.0 Å². The van der Waals surface area contributed by atoms with Gasteiger partial charge in [0.05, 0.1) is 0 Å². The summed E-state index contributed by atoms with van der Waals surface area (Å²) >= 11 is 0. The lowest BCUT2D eigenvalue weighted by Crippen LogP contribution is -2.21. The third-order valence-corrected chi connectivity index (χ3v) is 3.55. The molecular formula is C14H19F2NO. The smallest absolute Gasteiger partial charge is 0.387 e. The molecule has 0 spiro atoms. The van der Waals surface area contributed by atoms with Gasteiger partial charge in [-0.15, -0.1) is 0 Å². The van der Waals surface area contributed by atoms with Crippen LogP contribution < -0.4 is 10.1 Å². The van der Waals surface area contributed by atoms with E-state index in [9.17, 15) is 8.78 Å². The van der Waals surface area contributed by atoms with Crippen molar-refractivity contribution in [2.45, 2.75) is 32.9 Å². The van der Waals surface area contributed by atoms with Crippen LogP contribution in [0.3, 0.4) is 0 Å².